The minimum atomic E-state index is 0.141. The molecule has 3 aliphatic rings. The number of aromatic nitrogens is 5. The molecule has 0 saturated carbocycles. The van der Waals surface area contributed by atoms with Crippen LogP contribution in [0.3, 0.4) is 0 Å². The Labute approximate surface area is 214 Å². The van der Waals surface area contributed by atoms with Gasteiger partial charge in [-0.1, -0.05) is 12.2 Å². The summed E-state index contributed by atoms with van der Waals surface area (Å²) in [5.41, 5.74) is 6.35. The molecule has 0 spiro atoms. The molecule has 0 bridgehead atoms. The summed E-state index contributed by atoms with van der Waals surface area (Å²) in [6.07, 6.45) is 9.76. The van der Waals surface area contributed by atoms with Gasteiger partial charge in [-0.2, -0.15) is 5.10 Å². The highest BCUT2D eigenvalue weighted by atomic mass is 16.2. The minimum absolute atomic E-state index is 0.141. The van der Waals surface area contributed by atoms with Crippen LogP contribution in [0.25, 0.3) is 27.5 Å². The summed E-state index contributed by atoms with van der Waals surface area (Å²) in [5.74, 6) is 0.754. The summed E-state index contributed by atoms with van der Waals surface area (Å²) in [5, 5.41) is 9.78. The summed E-state index contributed by atoms with van der Waals surface area (Å²) in [4.78, 5) is 31.9. The SMILES string of the molecule is Cn1ncc2cc(Nc3ncnc4[nH]c(C5=CCN(C(=O)N6CCN7CCC=C7C6)CC5)cc34)ccc21. The molecule has 1 saturated heterocycles. The molecule has 0 radical (unpaired) electrons. The van der Waals surface area contributed by atoms with Crippen molar-refractivity contribution in [3.05, 3.63) is 60.3 Å². The van der Waals surface area contributed by atoms with Crippen molar-refractivity contribution >= 4 is 45.0 Å². The largest absolute Gasteiger partial charge is 0.372 e. The number of urea groups is 1. The van der Waals surface area contributed by atoms with Crippen LogP contribution in [-0.4, -0.2) is 84.7 Å². The third-order valence-corrected chi connectivity index (χ3v) is 7.71. The highest BCUT2D eigenvalue weighted by Crippen LogP contribution is 2.30. The smallest absolute Gasteiger partial charge is 0.320 e. The number of hydrogen-bond acceptors (Lipinski definition) is 6. The number of nitrogens with one attached hydrogen (secondary N) is 2. The highest BCUT2D eigenvalue weighted by Gasteiger charge is 2.30. The molecule has 37 heavy (non-hydrogen) atoms. The Morgan fingerprint density at radius 2 is 2.00 bits per heavy atom. The summed E-state index contributed by atoms with van der Waals surface area (Å²) in [6.45, 7) is 4.89. The molecule has 7 rings (SSSR count). The standard InChI is InChI=1S/C27H29N9O/c1-33-24-5-4-20(13-19(24)15-30-33)31-25-22-14-23(32-26(22)29-17-28-25)18-6-9-35(10-7-18)27(37)36-12-11-34-8-2-3-21(34)16-36/h3-6,13-15,17H,2,7-12,16H2,1H3,(H2,28,29,31,32). The van der Waals surface area contributed by atoms with Crippen molar-refractivity contribution in [3.63, 3.8) is 0 Å². The number of carbonyl (C=O) groups excluding carboxylic acids is 1. The fraction of sp³-hybridized carbons (Fsp3) is 0.333. The molecule has 1 aromatic carbocycles. The van der Waals surface area contributed by atoms with Crippen LogP contribution in [-0.2, 0) is 7.05 Å². The van der Waals surface area contributed by atoms with E-state index < -0.39 is 0 Å². The van der Waals surface area contributed by atoms with Crippen molar-refractivity contribution in [2.45, 2.75) is 12.8 Å². The lowest BCUT2D eigenvalue weighted by atomic mass is 10.0. The van der Waals surface area contributed by atoms with Gasteiger partial charge >= 0.3 is 6.03 Å². The van der Waals surface area contributed by atoms with Crippen molar-refractivity contribution < 1.29 is 4.79 Å². The molecule has 0 atom stereocenters. The number of benzene rings is 1. The average Bonchev–Trinajstić information content (AvgIpc) is 3.67. The zero-order valence-corrected chi connectivity index (χ0v) is 20.8. The molecule has 0 aliphatic carbocycles. The molecule has 2 N–H and O–H groups in total. The maximum absolute atomic E-state index is 13.2. The van der Waals surface area contributed by atoms with Crippen LogP contribution < -0.4 is 5.32 Å². The lowest BCUT2D eigenvalue weighted by molar-refractivity contribution is 0.139. The van der Waals surface area contributed by atoms with Gasteiger partial charge in [-0.3, -0.25) is 4.68 Å². The minimum Gasteiger partial charge on any atom is -0.372 e. The first kappa shape index (κ1) is 21.9. The molecule has 2 amide bonds. The van der Waals surface area contributed by atoms with E-state index in [4.69, 9.17) is 0 Å². The molecule has 10 nitrogen and oxygen atoms in total. The number of hydrogen-bond donors (Lipinski definition) is 2. The number of nitrogens with zero attached hydrogens (tertiary/aromatic N) is 7. The third kappa shape index (κ3) is 3.89. The maximum atomic E-state index is 13.2. The van der Waals surface area contributed by atoms with Crippen LogP contribution in [0.4, 0.5) is 16.3 Å². The number of amides is 2. The van der Waals surface area contributed by atoms with E-state index in [-0.39, 0.29) is 6.03 Å². The molecular formula is C27H29N9O. The lowest BCUT2D eigenvalue weighted by Gasteiger charge is -2.38. The van der Waals surface area contributed by atoms with Gasteiger partial charge in [-0.05, 0) is 42.7 Å². The fourth-order valence-corrected chi connectivity index (χ4v) is 5.64. The van der Waals surface area contributed by atoms with Crippen molar-refractivity contribution in [1.82, 2.24) is 39.4 Å². The predicted molar refractivity (Wildman–Crippen MR) is 143 cm³/mol. The number of carbonyl (C=O) groups is 1. The van der Waals surface area contributed by atoms with Crippen LogP contribution in [0.15, 0.2) is 54.6 Å². The molecule has 10 heteroatoms. The Morgan fingerprint density at radius 1 is 1.05 bits per heavy atom. The molecule has 1 fully saturated rings. The topological polar surface area (TPSA) is 98.2 Å². The van der Waals surface area contributed by atoms with Crippen molar-refractivity contribution in [2.75, 3.05) is 44.6 Å². The van der Waals surface area contributed by atoms with E-state index in [1.165, 1.54) is 11.3 Å². The van der Waals surface area contributed by atoms with Gasteiger partial charge in [0.2, 0.25) is 0 Å². The number of rotatable bonds is 3. The second-order valence-corrected chi connectivity index (χ2v) is 9.94. The summed E-state index contributed by atoms with van der Waals surface area (Å²) in [6, 6.07) is 8.40. The Bertz CT molecular complexity index is 1580. The summed E-state index contributed by atoms with van der Waals surface area (Å²) < 4.78 is 1.86. The highest BCUT2D eigenvalue weighted by molar-refractivity contribution is 5.93. The zero-order chi connectivity index (χ0) is 24.9. The van der Waals surface area contributed by atoms with Crippen LogP contribution >= 0.6 is 0 Å². The normalized spacial score (nSPS) is 17.8. The second kappa shape index (κ2) is 8.65. The average molecular weight is 496 g/mol. The van der Waals surface area contributed by atoms with Gasteiger partial charge in [0.05, 0.1) is 23.6 Å². The van der Waals surface area contributed by atoms with Gasteiger partial charge in [-0.15, -0.1) is 0 Å². The molecule has 3 aliphatic heterocycles. The Hall–Kier alpha value is -4.34. The third-order valence-electron chi connectivity index (χ3n) is 7.71. The predicted octanol–water partition coefficient (Wildman–Crippen LogP) is 3.70. The molecule has 6 heterocycles. The summed E-state index contributed by atoms with van der Waals surface area (Å²) in [7, 11) is 1.94. The quantitative estimate of drug-likeness (QED) is 0.450. The molecular weight excluding hydrogens is 466 g/mol. The van der Waals surface area contributed by atoms with Gasteiger partial charge in [0.25, 0.3) is 0 Å². The van der Waals surface area contributed by atoms with E-state index in [1.807, 2.05) is 33.8 Å². The Kier molecular flexibility index (Phi) is 5.12. The molecule has 4 aromatic rings. The van der Waals surface area contributed by atoms with Gasteiger partial charge < -0.3 is 25.0 Å². The van der Waals surface area contributed by atoms with Gasteiger partial charge in [-0.25, -0.2) is 14.8 Å². The van der Waals surface area contributed by atoms with Crippen molar-refractivity contribution in [3.8, 4) is 0 Å². The van der Waals surface area contributed by atoms with Gasteiger partial charge in [0.1, 0.15) is 17.8 Å². The first-order valence-electron chi connectivity index (χ1n) is 12.8. The van der Waals surface area contributed by atoms with E-state index in [0.29, 0.717) is 13.1 Å². The Morgan fingerprint density at radius 3 is 2.89 bits per heavy atom. The number of H-pyrrole nitrogens is 1. The lowest BCUT2D eigenvalue weighted by Crippen LogP contribution is -2.51. The first-order chi connectivity index (χ1) is 18.1. The second-order valence-electron chi connectivity index (χ2n) is 9.94. The zero-order valence-electron chi connectivity index (χ0n) is 20.8. The van der Waals surface area contributed by atoms with E-state index in [0.717, 1.165) is 78.2 Å². The van der Waals surface area contributed by atoms with Crippen molar-refractivity contribution in [1.29, 1.82) is 0 Å². The maximum Gasteiger partial charge on any atom is 0.320 e. The number of piperazine rings is 1. The molecule has 188 valence electrons. The molecule has 3 aromatic heterocycles. The number of aromatic amines is 1. The van der Waals surface area contributed by atoms with Crippen LogP contribution in [0.2, 0.25) is 0 Å². The van der Waals surface area contributed by atoms with E-state index in [1.54, 1.807) is 6.33 Å². The van der Waals surface area contributed by atoms with Crippen molar-refractivity contribution in [2.24, 2.45) is 7.05 Å². The van der Waals surface area contributed by atoms with E-state index >= 15 is 0 Å². The first-order valence-corrected chi connectivity index (χ1v) is 12.8. The van der Waals surface area contributed by atoms with E-state index in [2.05, 4.69) is 60.6 Å². The number of aryl methyl sites for hydroxylation is 1. The summed E-state index contributed by atoms with van der Waals surface area (Å²) >= 11 is 0. The van der Waals surface area contributed by atoms with Gasteiger partial charge in [0.15, 0.2) is 0 Å². The fourth-order valence-electron chi connectivity index (χ4n) is 5.64. The monoisotopic (exact) mass is 495 g/mol. The van der Waals surface area contributed by atoms with Crippen LogP contribution in [0.1, 0.15) is 18.5 Å². The van der Waals surface area contributed by atoms with Crippen LogP contribution in [0, 0.1) is 0 Å². The Balaban J connectivity index is 1.08. The number of anilines is 2. The van der Waals surface area contributed by atoms with Crippen LogP contribution in [0.5, 0.6) is 0 Å². The number of fused-ring (bicyclic) bond motifs is 3. The molecule has 0 unspecified atom stereocenters. The van der Waals surface area contributed by atoms with E-state index in [9.17, 15) is 4.79 Å². The van der Waals surface area contributed by atoms with Gasteiger partial charge in [0, 0.05) is 62.2 Å².